The summed E-state index contributed by atoms with van der Waals surface area (Å²) >= 11 is 12.0. The number of hydrogen-bond donors (Lipinski definition) is 2. The Kier molecular flexibility index (Phi) is 6.11. The van der Waals surface area contributed by atoms with E-state index >= 15 is 0 Å². The minimum absolute atomic E-state index is 0.165. The van der Waals surface area contributed by atoms with Crippen LogP contribution in [0.5, 0.6) is 5.75 Å². The number of benzene rings is 2. The molecule has 1 heterocycles. The zero-order valence-corrected chi connectivity index (χ0v) is 16.5. The zero-order valence-electron chi connectivity index (χ0n) is 14.1. The van der Waals surface area contributed by atoms with E-state index in [1.807, 2.05) is 0 Å². The molecule has 0 spiro atoms. The van der Waals surface area contributed by atoms with Crippen molar-refractivity contribution in [3.8, 4) is 5.75 Å². The molecule has 1 saturated heterocycles. The molecule has 1 fully saturated rings. The normalized spacial score (nSPS) is 20.3. The van der Waals surface area contributed by atoms with Crippen LogP contribution in [-0.2, 0) is 10.0 Å². The second-order valence-corrected chi connectivity index (χ2v) is 8.71. The molecule has 5 nitrogen and oxygen atoms in total. The highest BCUT2D eigenvalue weighted by Gasteiger charge is 2.33. The quantitative estimate of drug-likeness (QED) is 0.718. The lowest BCUT2D eigenvalue weighted by atomic mass is 9.95. The highest BCUT2D eigenvalue weighted by molar-refractivity contribution is 7.89. The van der Waals surface area contributed by atoms with Crippen LogP contribution in [0.1, 0.15) is 11.5 Å². The standard InChI is InChI=1S/C17H15Cl2F3N2O3S/c18-14-6-1-10(7-15(14)19)13-8-23-9-16(13)24-28(25,26)12-4-2-11(3-5-12)27-17(20,21)22/h1-7,13,16,23-24H,8-9H2/t13-,16+/m0/s1. The smallest absolute Gasteiger partial charge is 0.406 e. The molecular formula is C17H15Cl2F3N2O3S. The van der Waals surface area contributed by atoms with Gasteiger partial charge in [0.1, 0.15) is 5.75 Å². The van der Waals surface area contributed by atoms with Gasteiger partial charge in [0.25, 0.3) is 0 Å². The zero-order chi connectivity index (χ0) is 20.5. The van der Waals surface area contributed by atoms with Crippen LogP contribution in [0.15, 0.2) is 47.4 Å². The molecule has 0 bridgehead atoms. The second-order valence-electron chi connectivity index (χ2n) is 6.19. The third-order valence-corrected chi connectivity index (χ3v) is 6.50. The van der Waals surface area contributed by atoms with Gasteiger partial charge in [0.2, 0.25) is 10.0 Å². The van der Waals surface area contributed by atoms with Gasteiger partial charge >= 0.3 is 6.36 Å². The molecule has 2 atom stereocenters. The third kappa shape index (κ3) is 5.09. The minimum atomic E-state index is -4.85. The van der Waals surface area contributed by atoms with Crippen LogP contribution in [-0.4, -0.2) is 33.9 Å². The molecular weight excluding hydrogens is 440 g/mol. The molecule has 0 amide bonds. The molecule has 0 aromatic heterocycles. The Hall–Kier alpha value is -1.52. The average Bonchev–Trinajstić information content (AvgIpc) is 3.04. The van der Waals surface area contributed by atoms with Gasteiger partial charge in [0, 0.05) is 25.0 Å². The Labute approximate surface area is 169 Å². The Morgan fingerprint density at radius 2 is 1.71 bits per heavy atom. The van der Waals surface area contributed by atoms with Crippen LogP contribution < -0.4 is 14.8 Å². The summed E-state index contributed by atoms with van der Waals surface area (Å²) in [5, 5.41) is 3.88. The summed E-state index contributed by atoms with van der Waals surface area (Å²) in [6, 6.07) is 8.65. The number of nitrogens with one attached hydrogen (secondary N) is 2. The first-order valence-corrected chi connectivity index (χ1v) is 10.3. The van der Waals surface area contributed by atoms with Crippen LogP contribution in [0.4, 0.5) is 13.2 Å². The lowest BCUT2D eigenvalue weighted by Gasteiger charge is -2.21. The lowest BCUT2D eigenvalue weighted by molar-refractivity contribution is -0.274. The fourth-order valence-electron chi connectivity index (χ4n) is 2.98. The summed E-state index contributed by atoms with van der Waals surface area (Å²) in [6.45, 7) is 0.920. The van der Waals surface area contributed by atoms with Gasteiger partial charge in [-0.05, 0) is 42.0 Å². The van der Waals surface area contributed by atoms with Crippen molar-refractivity contribution in [2.24, 2.45) is 0 Å². The fraction of sp³-hybridized carbons (Fsp3) is 0.294. The van der Waals surface area contributed by atoms with Gasteiger partial charge in [-0.1, -0.05) is 29.3 Å². The maximum Gasteiger partial charge on any atom is 0.573 e. The number of sulfonamides is 1. The van der Waals surface area contributed by atoms with E-state index in [1.54, 1.807) is 18.2 Å². The summed E-state index contributed by atoms with van der Waals surface area (Å²) in [6.07, 6.45) is -4.85. The highest BCUT2D eigenvalue weighted by Crippen LogP contribution is 2.30. The number of alkyl halides is 3. The molecule has 0 aliphatic carbocycles. The van der Waals surface area contributed by atoms with E-state index in [0.29, 0.717) is 23.1 Å². The molecule has 1 aliphatic heterocycles. The predicted octanol–water partition coefficient (Wildman–Crippen LogP) is 3.93. The van der Waals surface area contributed by atoms with Gasteiger partial charge in [-0.15, -0.1) is 13.2 Å². The van der Waals surface area contributed by atoms with E-state index < -0.39 is 28.2 Å². The van der Waals surface area contributed by atoms with Crippen LogP contribution >= 0.6 is 23.2 Å². The Balaban J connectivity index is 1.76. The maximum absolute atomic E-state index is 12.6. The first kappa shape index (κ1) is 21.2. The molecule has 0 unspecified atom stereocenters. The number of halogens is 5. The SMILES string of the molecule is O=S(=O)(N[C@@H]1CNC[C@H]1c1ccc(Cl)c(Cl)c1)c1ccc(OC(F)(F)F)cc1. The summed E-state index contributed by atoms with van der Waals surface area (Å²) in [7, 11) is -3.95. The molecule has 3 rings (SSSR count). The van der Waals surface area contributed by atoms with Gasteiger partial charge in [-0.2, -0.15) is 0 Å². The average molecular weight is 455 g/mol. The molecule has 152 valence electrons. The summed E-state index contributed by atoms with van der Waals surface area (Å²) < 4.78 is 68.3. The van der Waals surface area contributed by atoms with Crippen LogP contribution in [0.2, 0.25) is 10.0 Å². The van der Waals surface area contributed by atoms with E-state index in [-0.39, 0.29) is 10.8 Å². The van der Waals surface area contributed by atoms with Crippen LogP contribution in [0.25, 0.3) is 0 Å². The number of ether oxygens (including phenoxy) is 1. The molecule has 2 N–H and O–H groups in total. The van der Waals surface area contributed by atoms with E-state index in [2.05, 4.69) is 14.8 Å². The van der Waals surface area contributed by atoms with Crippen LogP contribution in [0.3, 0.4) is 0 Å². The summed E-state index contributed by atoms with van der Waals surface area (Å²) in [5.74, 6) is -0.681. The molecule has 2 aromatic rings. The highest BCUT2D eigenvalue weighted by atomic mass is 35.5. The van der Waals surface area contributed by atoms with Crippen molar-refractivity contribution in [2.75, 3.05) is 13.1 Å². The van der Waals surface area contributed by atoms with Crippen LogP contribution in [0, 0.1) is 0 Å². The van der Waals surface area contributed by atoms with E-state index in [1.165, 1.54) is 0 Å². The molecule has 11 heteroatoms. The monoisotopic (exact) mass is 454 g/mol. The van der Waals surface area contributed by atoms with Gasteiger partial charge < -0.3 is 10.1 Å². The molecule has 28 heavy (non-hydrogen) atoms. The molecule has 2 aromatic carbocycles. The van der Waals surface area contributed by atoms with Crippen molar-refractivity contribution in [1.82, 2.24) is 10.0 Å². The van der Waals surface area contributed by atoms with Crippen molar-refractivity contribution < 1.29 is 26.3 Å². The van der Waals surface area contributed by atoms with Gasteiger partial charge in [-0.25, -0.2) is 13.1 Å². The molecule has 0 saturated carbocycles. The molecule has 1 aliphatic rings. The number of rotatable bonds is 5. The van der Waals surface area contributed by atoms with Crippen molar-refractivity contribution in [1.29, 1.82) is 0 Å². The van der Waals surface area contributed by atoms with Crippen molar-refractivity contribution >= 4 is 33.2 Å². The Morgan fingerprint density at radius 1 is 1.04 bits per heavy atom. The third-order valence-electron chi connectivity index (χ3n) is 4.26. The second kappa shape index (κ2) is 8.08. The van der Waals surface area contributed by atoms with Gasteiger partial charge in [0.05, 0.1) is 14.9 Å². The minimum Gasteiger partial charge on any atom is -0.406 e. The lowest BCUT2D eigenvalue weighted by Crippen LogP contribution is -2.39. The Bertz CT molecular complexity index is 953. The van der Waals surface area contributed by atoms with E-state index in [4.69, 9.17) is 23.2 Å². The largest absolute Gasteiger partial charge is 0.573 e. The topological polar surface area (TPSA) is 67.4 Å². The Morgan fingerprint density at radius 3 is 2.32 bits per heavy atom. The first-order chi connectivity index (χ1) is 13.0. The van der Waals surface area contributed by atoms with Gasteiger partial charge in [-0.3, -0.25) is 0 Å². The van der Waals surface area contributed by atoms with Crippen molar-refractivity contribution in [3.05, 3.63) is 58.1 Å². The molecule has 0 radical (unpaired) electrons. The maximum atomic E-state index is 12.6. The number of hydrogen-bond acceptors (Lipinski definition) is 4. The van der Waals surface area contributed by atoms with E-state index in [9.17, 15) is 21.6 Å². The summed E-state index contributed by atoms with van der Waals surface area (Å²) in [5.41, 5.74) is 0.820. The van der Waals surface area contributed by atoms with Gasteiger partial charge in [0.15, 0.2) is 0 Å². The first-order valence-electron chi connectivity index (χ1n) is 8.09. The van der Waals surface area contributed by atoms with Crippen molar-refractivity contribution in [3.63, 3.8) is 0 Å². The fourth-order valence-corrected chi connectivity index (χ4v) is 4.57. The van der Waals surface area contributed by atoms with E-state index in [0.717, 1.165) is 29.8 Å². The predicted molar refractivity (Wildman–Crippen MR) is 99.3 cm³/mol. The van der Waals surface area contributed by atoms with Crippen molar-refractivity contribution in [2.45, 2.75) is 23.2 Å². The summed E-state index contributed by atoms with van der Waals surface area (Å²) in [4.78, 5) is -0.165.